The van der Waals surface area contributed by atoms with Gasteiger partial charge >= 0.3 is 5.97 Å². The van der Waals surface area contributed by atoms with Crippen LogP contribution in [-0.4, -0.2) is 20.5 Å². The minimum Gasteiger partial charge on any atom is -0.478 e. The highest BCUT2D eigenvalue weighted by molar-refractivity contribution is 14.1. The van der Waals surface area contributed by atoms with Crippen molar-refractivity contribution in [3.8, 4) is 0 Å². The van der Waals surface area contributed by atoms with Crippen molar-refractivity contribution in [1.29, 1.82) is 0 Å². The minimum absolute atomic E-state index is 0.313. The predicted molar refractivity (Wildman–Crippen MR) is 59.6 cm³/mol. The second-order valence-corrected chi connectivity index (χ2v) is 4.02. The fraction of sp³-hybridized carbons (Fsp3) is 0.111. The third-order valence-corrected chi connectivity index (χ3v) is 2.86. The first kappa shape index (κ1) is 9.45. The van der Waals surface area contributed by atoms with Crippen LogP contribution in [0, 0.1) is 10.6 Å². The highest BCUT2D eigenvalue weighted by Crippen LogP contribution is 2.15. The lowest BCUT2D eigenvalue weighted by atomic mass is 10.2. The van der Waals surface area contributed by atoms with Gasteiger partial charge in [-0.1, -0.05) is 0 Å². The molecule has 0 amide bonds. The van der Waals surface area contributed by atoms with Gasteiger partial charge in [-0.3, -0.25) is 4.40 Å². The number of fused-ring (bicyclic) bond motifs is 1. The van der Waals surface area contributed by atoms with Gasteiger partial charge in [0, 0.05) is 5.69 Å². The summed E-state index contributed by atoms with van der Waals surface area (Å²) in [5.41, 5.74) is 1.79. The molecule has 0 unspecified atom stereocenters. The van der Waals surface area contributed by atoms with Crippen LogP contribution < -0.4 is 0 Å². The van der Waals surface area contributed by atoms with Crippen LogP contribution in [0.25, 0.3) is 5.65 Å². The minimum atomic E-state index is -0.908. The second-order valence-electron chi connectivity index (χ2n) is 2.91. The van der Waals surface area contributed by atoms with Crippen molar-refractivity contribution in [2.45, 2.75) is 6.92 Å². The SMILES string of the molecule is Cc1c(C(=O)O)ccc2ncc(I)n12. The molecule has 0 bridgehead atoms. The molecule has 5 heteroatoms. The number of carboxylic acids is 1. The molecule has 0 aromatic carbocycles. The van der Waals surface area contributed by atoms with Gasteiger partial charge in [-0.2, -0.15) is 0 Å². The van der Waals surface area contributed by atoms with Crippen LogP contribution in [0.2, 0.25) is 0 Å². The van der Waals surface area contributed by atoms with E-state index in [9.17, 15) is 4.79 Å². The van der Waals surface area contributed by atoms with E-state index in [4.69, 9.17) is 5.11 Å². The number of rotatable bonds is 1. The molecule has 14 heavy (non-hydrogen) atoms. The van der Waals surface area contributed by atoms with Crippen LogP contribution >= 0.6 is 22.6 Å². The van der Waals surface area contributed by atoms with E-state index in [0.717, 1.165) is 9.35 Å². The number of hydrogen-bond donors (Lipinski definition) is 1. The molecule has 0 fully saturated rings. The molecule has 0 aliphatic rings. The van der Waals surface area contributed by atoms with Crippen molar-refractivity contribution in [2.24, 2.45) is 0 Å². The Hall–Kier alpha value is -1.11. The first-order valence-electron chi connectivity index (χ1n) is 3.97. The highest BCUT2D eigenvalue weighted by Gasteiger charge is 2.11. The van der Waals surface area contributed by atoms with E-state index < -0.39 is 5.97 Å². The van der Waals surface area contributed by atoms with E-state index in [1.54, 1.807) is 25.3 Å². The Bertz CT molecular complexity index is 519. The smallest absolute Gasteiger partial charge is 0.337 e. The van der Waals surface area contributed by atoms with Gasteiger partial charge < -0.3 is 5.11 Å². The lowest BCUT2D eigenvalue weighted by Crippen LogP contribution is -2.05. The van der Waals surface area contributed by atoms with Crippen LogP contribution in [0.4, 0.5) is 0 Å². The molecule has 0 spiro atoms. The fourth-order valence-corrected chi connectivity index (χ4v) is 2.17. The summed E-state index contributed by atoms with van der Waals surface area (Å²) in [6.45, 7) is 1.78. The molecule has 4 nitrogen and oxygen atoms in total. The summed E-state index contributed by atoms with van der Waals surface area (Å²) in [4.78, 5) is 15.0. The van der Waals surface area contributed by atoms with Crippen molar-refractivity contribution in [1.82, 2.24) is 9.38 Å². The molecule has 2 aromatic heterocycles. The molecule has 72 valence electrons. The van der Waals surface area contributed by atoms with Gasteiger partial charge in [0.1, 0.15) is 9.35 Å². The maximum absolute atomic E-state index is 10.9. The monoisotopic (exact) mass is 302 g/mol. The first-order chi connectivity index (χ1) is 6.61. The molecule has 0 aliphatic heterocycles. The van der Waals surface area contributed by atoms with Crippen molar-refractivity contribution >= 4 is 34.2 Å². The number of halogens is 1. The number of carboxylic acid groups (broad SMARTS) is 1. The number of aromatic nitrogens is 2. The predicted octanol–water partition coefficient (Wildman–Crippen LogP) is 1.95. The van der Waals surface area contributed by atoms with Crippen molar-refractivity contribution < 1.29 is 9.90 Å². The quantitative estimate of drug-likeness (QED) is 0.819. The Balaban J connectivity index is 2.86. The maximum Gasteiger partial charge on any atom is 0.337 e. The number of nitrogens with zero attached hydrogens (tertiary/aromatic N) is 2. The normalized spacial score (nSPS) is 10.7. The Morgan fingerprint density at radius 1 is 1.57 bits per heavy atom. The number of carbonyl (C=O) groups is 1. The Kier molecular flexibility index (Phi) is 2.18. The third-order valence-electron chi connectivity index (χ3n) is 2.10. The molecule has 0 atom stereocenters. The van der Waals surface area contributed by atoms with Gasteiger partial charge in [0.05, 0.1) is 11.8 Å². The molecular formula is C9H7IN2O2. The van der Waals surface area contributed by atoms with Gasteiger partial charge in [0.25, 0.3) is 0 Å². The molecule has 1 N–H and O–H groups in total. The molecule has 0 saturated carbocycles. The van der Waals surface area contributed by atoms with E-state index in [1.165, 1.54) is 0 Å². The van der Waals surface area contributed by atoms with E-state index in [1.807, 2.05) is 4.40 Å². The van der Waals surface area contributed by atoms with Crippen molar-refractivity contribution in [3.05, 3.63) is 33.3 Å². The molecule has 2 aromatic rings. The number of aryl methyl sites for hydroxylation is 1. The second kappa shape index (κ2) is 3.23. The first-order valence-corrected chi connectivity index (χ1v) is 5.05. The van der Waals surface area contributed by atoms with Gasteiger partial charge in [0.2, 0.25) is 0 Å². The molecule has 2 rings (SSSR count). The van der Waals surface area contributed by atoms with Crippen molar-refractivity contribution in [3.63, 3.8) is 0 Å². The lowest BCUT2D eigenvalue weighted by Gasteiger charge is -2.04. The van der Waals surface area contributed by atoms with E-state index >= 15 is 0 Å². The zero-order valence-corrected chi connectivity index (χ0v) is 9.52. The van der Waals surface area contributed by atoms with Crippen LogP contribution in [-0.2, 0) is 0 Å². The number of imidazole rings is 1. The molecule has 0 radical (unpaired) electrons. The number of pyridine rings is 1. The average Bonchev–Trinajstić information content (AvgIpc) is 2.48. The topological polar surface area (TPSA) is 54.6 Å². The van der Waals surface area contributed by atoms with Gasteiger partial charge in [-0.25, -0.2) is 9.78 Å². The van der Waals surface area contributed by atoms with E-state index in [0.29, 0.717) is 11.3 Å². The van der Waals surface area contributed by atoms with Gasteiger partial charge in [-0.05, 0) is 41.6 Å². The summed E-state index contributed by atoms with van der Waals surface area (Å²) in [7, 11) is 0. The van der Waals surface area contributed by atoms with E-state index in [2.05, 4.69) is 27.6 Å². The fourth-order valence-electron chi connectivity index (χ4n) is 1.42. The Morgan fingerprint density at radius 3 is 2.93 bits per heavy atom. The summed E-state index contributed by atoms with van der Waals surface area (Å²) in [6, 6.07) is 3.29. The van der Waals surface area contributed by atoms with Crippen LogP contribution in [0.3, 0.4) is 0 Å². The standard InChI is InChI=1S/C9H7IN2O2/c1-5-6(9(13)14)2-3-8-11-4-7(10)12(5)8/h2-4H,1H3,(H,13,14). The highest BCUT2D eigenvalue weighted by atomic mass is 127. The van der Waals surface area contributed by atoms with E-state index in [-0.39, 0.29) is 0 Å². The zero-order chi connectivity index (χ0) is 10.3. The van der Waals surface area contributed by atoms with Crippen LogP contribution in [0.1, 0.15) is 16.1 Å². The summed E-state index contributed by atoms with van der Waals surface area (Å²) in [6.07, 6.45) is 1.72. The Morgan fingerprint density at radius 2 is 2.29 bits per heavy atom. The zero-order valence-electron chi connectivity index (χ0n) is 7.36. The van der Waals surface area contributed by atoms with Crippen LogP contribution in [0.15, 0.2) is 18.3 Å². The summed E-state index contributed by atoms with van der Waals surface area (Å²) >= 11 is 2.13. The summed E-state index contributed by atoms with van der Waals surface area (Å²) in [5, 5.41) is 8.92. The molecule has 0 aliphatic carbocycles. The molecule has 2 heterocycles. The third kappa shape index (κ3) is 1.28. The molecule has 0 saturated heterocycles. The summed E-state index contributed by atoms with van der Waals surface area (Å²) in [5.74, 6) is -0.908. The van der Waals surface area contributed by atoms with Gasteiger partial charge in [-0.15, -0.1) is 0 Å². The summed E-state index contributed by atoms with van der Waals surface area (Å²) < 4.78 is 2.74. The van der Waals surface area contributed by atoms with Crippen molar-refractivity contribution in [2.75, 3.05) is 0 Å². The average molecular weight is 302 g/mol. The lowest BCUT2D eigenvalue weighted by molar-refractivity contribution is 0.0695. The number of aromatic carboxylic acids is 1. The van der Waals surface area contributed by atoms with Gasteiger partial charge in [0.15, 0.2) is 0 Å². The largest absolute Gasteiger partial charge is 0.478 e. The number of hydrogen-bond acceptors (Lipinski definition) is 2. The maximum atomic E-state index is 10.9. The Labute approximate surface area is 93.7 Å². The molecular weight excluding hydrogens is 295 g/mol. The van der Waals surface area contributed by atoms with Crippen LogP contribution in [0.5, 0.6) is 0 Å².